The summed E-state index contributed by atoms with van der Waals surface area (Å²) in [5.41, 5.74) is 0.911. The molecule has 0 spiro atoms. The van der Waals surface area contributed by atoms with Gasteiger partial charge < -0.3 is 4.74 Å². The Morgan fingerprint density at radius 1 is 1.54 bits per heavy atom. The van der Waals surface area contributed by atoms with E-state index in [1.54, 1.807) is 0 Å². The van der Waals surface area contributed by atoms with E-state index >= 15 is 0 Å². The molecule has 0 aromatic rings. The summed E-state index contributed by atoms with van der Waals surface area (Å²) in [7, 11) is 0. The summed E-state index contributed by atoms with van der Waals surface area (Å²) in [5, 5.41) is 0. The summed E-state index contributed by atoms with van der Waals surface area (Å²) < 4.78 is 5.48. The maximum absolute atomic E-state index is 11.7. The first-order valence-electron chi connectivity index (χ1n) is 4.98. The van der Waals surface area contributed by atoms with Crippen molar-refractivity contribution in [3.8, 4) is 0 Å². The minimum absolute atomic E-state index is 0.124. The molecule has 13 heavy (non-hydrogen) atoms. The minimum Gasteiger partial charge on any atom is -0.498 e. The van der Waals surface area contributed by atoms with Gasteiger partial charge in [0.1, 0.15) is 5.76 Å². The summed E-state index contributed by atoms with van der Waals surface area (Å²) >= 11 is 0. The molecule has 1 unspecified atom stereocenters. The SMILES string of the molecule is CCOC1=C(C(C)C)C(=O)C(C)C1. The lowest BCUT2D eigenvalue weighted by Crippen LogP contribution is -2.10. The Hall–Kier alpha value is -0.790. The third kappa shape index (κ3) is 1.93. The Labute approximate surface area is 80.0 Å². The molecule has 0 aromatic heterocycles. The molecule has 0 radical (unpaired) electrons. The van der Waals surface area contributed by atoms with E-state index in [9.17, 15) is 4.79 Å². The lowest BCUT2D eigenvalue weighted by Gasteiger charge is -2.09. The van der Waals surface area contributed by atoms with Crippen LogP contribution in [-0.2, 0) is 9.53 Å². The van der Waals surface area contributed by atoms with Crippen molar-refractivity contribution in [2.75, 3.05) is 6.61 Å². The zero-order valence-electron chi connectivity index (χ0n) is 8.89. The molecule has 0 saturated carbocycles. The van der Waals surface area contributed by atoms with Gasteiger partial charge in [-0.05, 0) is 12.8 Å². The molecule has 0 fully saturated rings. The van der Waals surface area contributed by atoms with Crippen LogP contribution in [0.4, 0.5) is 0 Å². The number of Topliss-reactive ketones (excluding diaryl/α,β-unsaturated/α-hetero) is 1. The van der Waals surface area contributed by atoms with Crippen molar-refractivity contribution in [2.24, 2.45) is 11.8 Å². The molecular formula is C11H18O2. The number of hydrogen-bond donors (Lipinski definition) is 0. The largest absolute Gasteiger partial charge is 0.498 e. The number of carbonyl (C=O) groups excluding carboxylic acids is 1. The van der Waals surface area contributed by atoms with Crippen LogP contribution >= 0.6 is 0 Å². The van der Waals surface area contributed by atoms with Crippen molar-refractivity contribution < 1.29 is 9.53 Å². The van der Waals surface area contributed by atoms with E-state index in [1.165, 1.54) is 0 Å². The van der Waals surface area contributed by atoms with Gasteiger partial charge in [0.15, 0.2) is 5.78 Å². The Morgan fingerprint density at radius 3 is 2.62 bits per heavy atom. The first-order valence-corrected chi connectivity index (χ1v) is 4.98. The van der Waals surface area contributed by atoms with Crippen molar-refractivity contribution in [1.29, 1.82) is 0 Å². The number of rotatable bonds is 3. The fourth-order valence-electron chi connectivity index (χ4n) is 1.80. The fraction of sp³-hybridized carbons (Fsp3) is 0.727. The van der Waals surface area contributed by atoms with E-state index in [-0.39, 0.29) is 11.7 Å². The Bertz CT molecular complexity index is 238. The van der Waals surface area contributed by atoms with Crippen molar-refractivity contribution in [3.63, 3.8) is 0 Å². The van der Waals surface area contributed by atoms with Gasteiger partial charge >= 0.3 is 0 Å². The predicted molar refractivity (Wildman–Crippen MR) is 52.3 cm³/mol. The normalized spacial score (nSPS) is 23.2. The fourth-order valence-corrected chi connectivity index (χ4v) is 1.80. The molecule has 0 N–H and O–H groups in total. The first kappa shape index (κ1) is 10.3. The number of carbonyl (C=O) groups is 1. The highest BCUT2D eigenvalue weighted by molar-refractivity contribution is 6.00. The van der Waals surface area contributed by atoms with Gasteiger partial charge in [0.2, 0.25) is 0 Å². The molecule has 2 heteroatoms. The molecule has 0 aliphatic heterocycles. The number of hydrogen-bond acceptors (Lipinski definition) is 2. The number of ether oxygens (including phenoxy) is 1. The van der Waals surface area contributed by atoms with Crippen LogP contribution in [-0.4, -0.2) is 12.4 Å². The van der Waals surface area contributed by atoms with E-state index in [1.807, 2.05) is 27.7 Å². The van der Waals surface area contributed by atoms with Crippen LogP contribution in [0.25, 0.3) is 0 Å². The Balaban J connectivity index is 2.89. The maximum Gasteiger partial charge on any atom is 0.165 e. The smallest absolute Gasteiger partial charge is 0.165 e. The molecule has 1 atom stereocenters. The van der Waals surface area contributed by atoms with E-state index < -0.39 is 0 Å². The summed E-state index contributed by atoms with van der Waals surface area (Å²) in [5.74, 6) is 1.62. The van der Waals surface area contributed by atoms with E-state index in [0.29, 0.717) is 12.5 Å². The molecule has 0 aromatic carbocycles. The van der Waals surface area contributed by atoms with Gasteiger partial charge in [-0.3, -0.25) is 4.79 Å². The molecular weight excluding hydrogens is 164 g/mol. The minimum atomic E-state index is 0.124. The third-order valence-corrected chi connectivity index (χ3v) is 2.40. The number of ketones is 1. The molecule has 1 aliphatic rings. The highest BCUT2D eigenvalue weighted by Crippen LogP contribution is 2.32. The molecule has 74 valence electrons. The molecule has 0 bridgehead atoms. The predicted octanol–water partition coefficient (Wildman–Crippen LogP) is 2.54. The average Bonchev–Trinajstić information content (AvgIpc) is 2.28. The van der Waals surface area contributed by atoms with Crippen LogP contribution in [0.2, 0.25) is 0 Å². The first-order chi connectivity index (χ1) is 6.07. The van der Waals surface area contributed by atoms with Crippen molar-refractivity contribution in [2.45, 2.75) is 34.1 Å². The van der Waals surface area contributed by atoms with Gasteiger partial charge in [0, 0.05) is 17.9 Å². The summed E-state index contributed by atoms with van der Waals surface area (Å²) in [6.45, 7) is 8.68. The average molecular weight is 182 g/mol. The second-order valence-corrected chi connectivity index (χ2v) is 3.89. The standard InChI is InChI=1S/C11H18O2/c1-5-13-9-6-8(4)11(12)10(9)7(2)3/h7-8H,5-6H2,1-4H3. The van der Waals surface area contributed by atoms with Crippen LogP contribution in [0.3, 0.4) is 0 Å². The zero-order chi connectivity index (χ0) is 10.0. The van der Waals surface area contributed by atoms with Crippen LogP contribution < -0.4 is 0 Å². The number of allylic oxidation sites excluding steroid dienone is 2. The highest BCUT2D eigenvalue weighted by atomic mass is 16.5. The van der Waals surface area contributed by atoms with E-state index in [2.05, 4.69) is 0 Å². The monoisotopic (exact) mass is 182 g/mol. The van der Waals surface area contributed by atoms with Gasteiger partial charge in [-0.2, -0.15) is 0 Å². The van der Waals surface area contributed by atoms with Crippen molar-refractivity contribution >= 4 is 5.78 Å². The second-order valence-electron chi connectivity index (χ2n) is 3.89. The van der Waals surface area contributed by atoms with Gasteiger partial charge in [0.25, 0.3) is 0 Å². The van der Waals surface area contributed by atoms with Crippen molar-refractivity contribution in [3.05, 3.63) is 11.3 Å². The molecule has 1 aliphatic carbocycles. The molecule has 2 nitrogen and oxygen atoms in total. The van der Waals surface area contributed by atoms with Gasteiger partial charge in [0.05, 0.1) is 6.61 Å². The summed E-state index contributed by atoms with van der Waals surface area (Å²) in [6, 6.07) is 0. The van der Waals surface area contributed by atoms with Gasteiger partial charge in [-0.1, -0.05) is 20.8 Å². The third-order valence-electron chi connectivity index (χ3n) is 2.40. The lowest BCUT2D eigenvalue weighted by molar-refractivity contribution is -0.118. The molecule has 1 rings (SSSR count). The van der Waals surface area contributed by atoms with Crippen LogP contribution in [0.15, 0.2) is 11.3 Å². The topological polar surface area (TPSA) is 26.3 Å². The highest BCUT2D eigenvalue weighted by Gasteiger charge is 2.32. The summed E-state index contributed by atoms with van der Waals surface area (Å²) in [6.07, 6.45) is 0.792. The maximum atomic E-state index is 11.7. The van der Waals surface area contributed by atoms with Crippen LogP contribution in [0.1, 0.15) is 34.1 Å². The van der Waals surface area contributed by atoms with Crippen LogP contribution in [0.5, 0.6) is 0 Å². The lowest BCUT2D eigenvalue weighted by atomic mass is 9.98. The zero-order valence-corrected chi connectivity index (χ0v) is 8.89. The Morgan fingerprint density at radius 2 is 2.15 bits per heavy atom. The quantitative estimate of drug-likeness (QED) is 0.670. The van der Waals surface area contributed by atoms with Crippen molar-refractivity contribution in [1.82, 2.24) is 0 Å². The van der Waals surface area contributed by atoms with Crippen LogP contribution in [0, 0.1) is 11.8 Å². The molecule has 0 heterocycles. The van der Waals surface area contributed by atoms with E-state index in [4.69, 9.17) is 4.74 Å². The molecule has 0 amide bonds. The second kappa shape index (κ2) is 3.95. The molecule has 0 saturated heterocycles. The van der Waals surface area contributed by atoms with E-state index in [0.717, 1.165) is 17.8 Å². The van der Waals surface area contributed by atoms with Gasteiger partial charge in [-0.15, -0.1) is 0 Å². The van der Waals surface area contributed by atoms with Gasteiger partial charge in [-0.25, -0.2) is 0 Å². The Kier molecular flexibility index (Phi) is 3.12. The summed E-state index contributed by atoms with van der Waals surface area (Å²) in [4.78, 5) is 11.7.